The van der Waals surface area contributed by atoms with E-state index in [0.717, 1.165) is 11.0 Å². The van der Waals surface area contributed by atoms with Crippen molar-refractivity contribution >= 4 is 11.0 Å². The van der Waals surface area contributed by atoms with E-state index in [1.807, 2.05) is 38.1 Å². The first kappa shape index (κ1) is 12.7. The number of rotatable bonds is 3. The van der Waals surface area contributed by atoms with E-state index in [1.165, 1.54) is 0 Å². The molecule has 104 valence electrons. The molecule has 0 saturated carbocycles. The van der Waals surface area contributed by atoms with Gasteiger partial charge in [-0.05, 0) is 12.1 Å². The van der Waals surface area contributed by atoms with Crippen molar-refractivity contribution in [1.29, 1.82) is 0 Å². The van der Waals surface area contributed by atoms with E-state index in [9.17, 15) is 4.79 Å². The molecule has 0 atom stereocenters. The predicted molar refractivity (Wildman–Crippen MR) is 74.7 cm³/mol. The van der Waals surface area contributed by atoms with Crippen LogP contribution in [-0.2, 0) is 13.6 Å². The molecule has 0 unspecified atom stereocenters. The quantitative estimate of drug-likeness (QED) is 0.730. The Hall–Kier alpha value is -2.37. The van der Waals surface area contributed by atoms with Crippen LogP contribution in [0.1, 0.15) is 31.5 Å². The number of imidazole rings is 1. The average Bonchev–Trinajstić information content (AvgIpc) is 3.00. The number of aromatic nitrogens is 4. The fourth-order valence-corrected chi connectivity index (χ4v) is 2.22. The van der Waals surface area contributed by atoms with E-state index in [-0.39, 0.29) is 11.6 Å². The summed E-state index contributed by atoms with van der Waals surface area (Å²) in [6.07, 6.45) is 0. The van der Waals surface area contributed by atoms with Crippen LogP contribution < -0.4 is 5.69 Å². The molecule has 0 amide bonds. The van der Waals surface area contributed by atoms with Gasteiger partial charge in [0.25, 0.3) is 0 Å². The maximum Gasteiger partial charge on any atom is 0.329 e. The molecule has 0 fully saturated rings. The number of benzene rings is 1. The van der Waals surface area contributed by atoms with Gasteiger partial charge in [0.15, 0.2) is 5.82 Å². The first-order valence-corrected chi connectivity index (χ1v) is 6.54. The second-order valence-corrected chi connectivity index (χ2v) is 5.12. The van der Waals surface area contributed by atoms with Crippen LogP contribution in [0.2, 0.25) is 0 Å². The average molecular weight is 272 g/mol. The van der Waals surface area contributed by atoms with Gasteiger partial charge < -0.3 is 4.52 Å². The summed E-state index contributed by atoms with van der Waals surface area (Å²) in [4.78, 5) is 16.6. The summed E-state index contributed by atoms with van der Waals surface area (Å²) in [6.45, 7) is 4.29. The van der Waals surface area contributed by atoms with Crippen molar-refractivity contribution in [3.05, 3.63) is 46.5 Å². The fraction of sp³-hybridized carbons (Fsp3) is 0.357. The molecule has 2 aromatic heterocycles. The Kier molecular flexibility index (Phi) is 2.93. The van der Waals surface area contributed by atoms with E-state index in [0.29, 0.717) is 18.3 Å². The lowest BCUT2D eigenvalue weighted by molar-refractivity contribution is 0.364. The molecule has 6 heteroatoms. The van der Waals surface area contributed by atoms with E-state index in [4.69, 9.17) is 4.52 Å². The van der Waals surface area contributed by atoms with Crippen molar-refractivity contribution in [2.75, 3.05) is 0 Å². The molecule has 0 aliphatic carbocycles. The number of hydrogen-bond donors (Lipinski definition) is 0. The molecule has 2 heterocycles. The van der Waals surface area contributed by atoms with Crippen molar-refractivity contribution < 1.29 is 4.52 Å². The molecule has 0 radical (unpaired) electrons. The highest BCUT2D eigenvalue weighted by molar-refractivity contribution is 5.75. The summed E-state index contributed by atoms with van der Waals surface area (Å²) in [7, 11) is 1.76. The molecule has 3 aromatic rings. The number of para-hydroxylation sites is 2. The molecule has 20 heavy (non-hydrogen) atoms. The zero-order chi connectivity index (χ0) is 14.3. The molecule has 3 rings (SSSR count). The molecule has 0 aliphatic rings. The third-order valence-corrected chi connectivity index (χ3v) is 3.35. The number of hydrogen-bond acceptors (Lipinski definition) is 4. The van der Waals surface area contributed by atoms with Crippen LogP contribution in [0.4, 0.5) is 0 Å². The van der Waals surface area contributed by atoms with Crippen LogP contribution in [0.3, 0.4) is 0 Å². The van der Waals surface area contributed by atoms with Crippen molar-refractivity contribution in [3.63, 3.8) is 0 Å². The van der Waals surface area contributed by atoms with Gasteiger partial charge >= 0.3 is 5.69 Å². The van der Waals surface area contributed by atoms with Crippen LogP contribution >= 0.6 is 0 Å². The number of aryl methyl sites for hydroxylation is 1. The fourth-order valence-electron chi connectivity index (χ4n) is 2.22. The Morgan fingerprint density at radius 1 is 1.25 bits per heavy atom. The summed E-state index contributed by atoms with van der Waals surface area (Å²) in [5.74, 6) is 1.32. The SMILES string of the molecule is CC(C)c1noc(Cn2c(=O)n(C)c3ccccc32)n1. The van der Waals surface area contributed by atoms with Crippen molar-refractivity contribution in [2.45, 2.75) is 26.3 Å². The molecule has 0 N–H and O–H groups in total. The second kappa shape index (κ2) is 4.63. The summed E-state index contributed by atoms with van der Waals surface area (Å²) in [5.41, 5.74) is 1.67. The molecular formula is C14H16N4O2. The highest BCUT2D eigenvalue weighted by Gasteiger charge is 2.14. The Balaban J connectivity index is 2.06. The van der Waals surface area contributed by atoms with E-state index >= 15 is 0 Å². The van der Waals surface area contributed by atoms with Gasteiger partial charge in [-0.1, -0.05) is 31.1 Å². The van der Waals surface area contributed by atoms with Crippen molar-refractivity contribution in [3.8, 4) is 0 Å². The Morgan fingerprint density at radius 3 is 2.60 bits per heavy atom. The minimum Gasteiger partial charge on any atom is -0.337 e. The third-order valence-electron chi connectivity index (χ3n) is 3.35. The van der Waals surface area contributed by atoms with Gasteiger partial charge in [-0.2, -0.15) is 4.98 Å². The summed E-state index contributed by atoms with van der Waals surface area (Å²) in [5, 5.41) is 3.92. The van der Waals surface area contributed by atoms with Gasteiger partial charge in [0.05, 0.1) is 11.0 Å². The molecule has 1 aromatic carbocycles. The zero-order valence-electron chi connectivity index (χ0n) is 11.7. The topological polar surface area (TPSA) is 65.8 Å². The largest absolute Gasteiger partial charge is 0.337 e. The third kappa shape index (κ3) is 1.93. The highest BCUT2D eigenvalue weighted by atomic mass is 16.5. The second-order valence-electron chi connectivity index (χ2n) is 5.12. The maximum atomic E-state index is 12.3. The van der Waals surface area contributed by atoms with Crippen LogP contribution in [0, 0.1) is 0 Å². The van der Waals surface area contributed by atoms with Gasteiger partial charge in [0.2, 0.25) is 5.89 Å². The first-order valence-electron chi connectivity index (χ1n) is 6.54. The monoisotopic (exact) mass is 272 g/mol. The Bertz CT molecular complexity index is 810. The Labute approximate surface area is 115 Å². The van der Waals surface area contributed by atoms with Crippen LogP contribution in [0.15, 0.2) is 33.6 Å². The summed E-state index contributed by atoms with van der Waals surface area (Å²) >= 11 is 0. The number of fused-ring (bicyclic) bond motifs is 1. The molecule has 0 bridgehead atoms. The lowest BCUT2D eigenvalue weighted by Crippen LogP contribution is -2.22. The van der Waals surface area contributed by atoms with Gasteiger partial charge in [0.1, 0.15) is 6.54 Å². The minimum atomic E-state index is -0.0875. The van der Waals surface area contributed by atoms with Crippen LogP contribution in [0.25, 0.3) is 11.0 Å². The molecule has 0 spiro atoms. The minimum absolute atomic E-state index is 0.0875. The van der Waals surface area contributed by atoms with Gasteiger partial charge in [-0.25, -0.2) is 4.79 Å². The smallest absolute Gasteiger partial charge is 0.329 e. The van der Waals surface area contributed by atoms with Crippen molar-refractivity contribution in [2.24, 2.45) is 7.05 Å². The molecule has 0 aliphatic heterocycles. The van der Waals surface area contributed by atoms with Gasteiger partial charge in [-0.15, -0.1) is 0 Å². The van der Waals surface area contributed by atoms with Crippen LogP contribution in [-0.4, -0.2) is 19.3 Å². The first-order chi connectivity index (χ1) is 9.58. The highest BCUT2D eigenvalue weighted by Crippen LogP contribution is 2.14. The van der Waals surface area contributed by atoms with Gasteiger partial charge in [-0.3, -0.25) is 9.13 Å². The number of nitrogens with zero attached hydrogens (tertiary/aromatic N) is 4. The van der Waals surface area contributed by atoms with E-state index in [2.05, 4.69) is 10.1 Å². The zero-order valence-corrected chi connectivity index (χ0v) is 11.7. The maximum absolute atomic E-state index is 12.3. The van der Waals surface area contributed by atoms with E-state index in [1.54, 1.807) is 16.2 Å². The normalized spacial score (nSPS) is 11.6. The van der Waals surface area contributed by atoms with Gasteiger partial charge in [0, 0.05) is 13.0 Å². The summed E-state index contributed by atoms with van der Waals surface area (Å²) < 4.78 is 8.48. The lowest BCUT2D eigenvalue weighted by Gasteiger charge is -1.98. The standard InChI is InChI=1S/C14H16N4O2/c1-9(2)13-15-12(20-16-13)8-18-11-7-5-4-6-10(11)17(3)14(18)19/h4-7,9H,8H2,1-3H3. The predicted octanol–water partition coefficient (Wildman–Crippen LogP) is 1.89. The molecular weight excluding hydrogens is 256 g/mol. The Morgan fingerprint density at radius 2 is 1.95 bits per heavy atom. The summed E-state index contributed by atoms with van der Waals surface area (Å²) in [6, 6.07) is 7.65. The van der Waals surface area contributed by atoms with Crippen LogP contribution in [0.5, 0.6) is 0 Å². The lowest BCUT2D eigenvalue weighted by atomic mass is 10.2. The molecule has 0 saturated heterocycles. The van der Waals surface area contributed by atoms with E-state index < -0.39 is 0 Å². The molecule has 6 nitrogen and oxygen atoms in total. The van der Waals surface area contributed by atoms with Crippen molar-refractivity contribution in [1.82, 2.24) is 19.3 Å².